The van der Waals surface area contributed by atoms with Crippen LogP contribution >= 0.6 is 11.8 Å². The molecule has 3 aromatic rings. The predicted molar refractivity (Wildman–Crippen MR) is 97.0 cm³/mol. The maximum Gasteiger partial charge on any atom is 0.262 e. The van der Waals surface area contributed by atoms with Crippen LogP contribution in [0.3, 0.4) is 0 Å². The first-order valence-electron chi connectivity index (χ1n) is 7.88. The van der Waals surface area contributed by atoms with Crippen LogP contribution in [-0.4, -0.2) is 9.55 Å². The maximum absolute atomic E-state index is 12.9. The van der Waals surface area contributed by atoms with Crippen LogP contribution in [0.1, 0.15) is 31.9 Å². The molecule has 1 heterocycles. The van der Waals surface area contributed by atoms with Crippen LogP contribution in [-0.2, 0) is 5.75 Å². The van der Waals surface area contributed by atoms with E-state index in [4.69, 9.17) is 4.98 Å². The summed E-state index contributed by atoms with van der Waals surface area (Å²) in [4.78, 5) is 17.6. The number of fused-ring (bicyclic) bond motifs is 1. The molecule has 3 nitrogen and oxygen atoms in total. The van der Waals surface area contributed by atoms with Crippen molar-refractivity contribution < 1.29 is 0 Å². The molecule has 0 radical (unpaired) electrons. The van der Waals surface area contributed by atoms with Crippen molar-refractivity contribution in [1.82, 2.24) is 9.55 Å². The van der Waals surface area contributed by atoms with Crippen molar-refractivity contribution in [3.05, 3.63) is 70.5 Å². The molecule has 0 bridgehead atoms. The van der Waals surface area contributed by atoms with Gasteiger partial charge < -0.3 is 0 Å². The summed E-state index contributed by atoms with van der Waals surface area (Å²) in [5, 5.41) is 1.49. The van der Waals surface area contributed by atoms with Gasteiger partial charge in [0.2, 0.25) is 0 Å². The maximum atomic E-state index is 12.9. The third-order valence-electron chi connectivity index (χ3n) is 4.02. The molecule has 118 valence electrons. The van der Waals surface area contributed by atoms with Gasteiger partial charge in [0.1, 0.15) is 0 Å². The van der Waals surface area contributed by atoms with Gasteiger partial charge in [-0.05, 0) is 31.0 Å². The lowest BCUT2D eigenvalue weighted by atomic mass is 10.2. The highest BCUT2D eigenvalue weighted by molar-refractivity contribution is 7.98. The minimum Gasteiger partial charge on any atom is -0.284 e. The summed E-state index contributed by atoms with van der Waals surface area (Å²) in [6.45, 7) is 4.17. The largest absolute Gasteiger partial charge is 0.284 e. The lowest BCUT2D eigenvalue weighted by Crippen LogP contribution is -2.26. The molecule has 0 N–H and O–H groups in total. The molecule has 0 spiro atoms. The number of thioether (sulfide) groups is 1. The number of benzene rings is 2. The van der Waals surface area contributed by atoms with Crippen molar-refractivity contribution in [3.8, 4) is 0 Å². The van der Waals surface area contributed by atoms with E-state index in [0.29, 0.717) is 5.39 Å². The number of hydrogen-bond donors (Lipinski definition) is 0. The first kappa shape index (κ1) is 15.8. The summed E-state index contributed by atoms with van der Waals surface area (Å²) < 4.78 is 1.84. The third kappa shape index (κ3) is 3.32. The lowest BCUT2D eigenvalue weighted by Gasteiger charge is -2.18. The molecule has 1 unspecified atom stereocenters. The van der Waals surface area contributed by atoms with E-state index in [1.54, 1.807) is 11.8 Å². The van der Waals surface area contributed by atoms with Crippen molar-refractivity contribution in [2.75, 3.05) is 0 Å². The van der Waals surface area contributed by atoms with Crippen molar-refractivity contribution in [2.24, 2.45) is 0 Å². The Bertz CT molecular complexity index is 858. The molecule has 1 aromatic heterocycles. The van der Waals surface area contributed by atoms with Crippen LogP contribution < -0.4 is 5.56 Å². The van der Waals surface area contributed by atoms with Crippen LogP contribution in [0, 0.1) is 0 Å². The SMILES string of the molecule is CCC(C)n1c(SCc2ccccc2)nc2ccccc2c1=O. The Morgan fingerprint density at radius 2 is 1.78 bits per heavy atom. The average Bonchev–Trinajstić information content (AvgIpc) is 2.60. The molecule has 0 saturated heterocycles. The van der Waals surface area contributed by atoms with Gasteiger partial charge in [0.15, 0.2) is 5.16 Å². The molecule has 1 atom stereocenters. The normalized spacial score (nSPS) is 12.4. The summed E-state index contributed by atoms with van der Waals surface area (Å²) in [5.41, 5.74) is 2.06. The van der Waals surface area contributed by atoms with E-state index in [-0.39, 0.29) is 11.6 Å². The minimum atomic E-state index is 0.0560. The third-order valence-corrected chi connectivity index (χ3v) is 5.04. The number of rotatable bonds is 5. The quantitative estimate of drug-likeness (QED) is 0.506. The summed E-state index contributed by atoms with van der Waals surface area (Å²) in [6.07, 6.45) is 0.902. The first-order chi connectivity index (χ1) is 11.2. The first-order valence-corrected chi connectivity index (χ1v) is 8.87. The molecular formula is C19H20N2OS. The molecule has 2 aromatic carbocycles. The van der Waals surface area contributed by atoms with Crippen LogP contribution in [0.2, 0.25) is 0 Å². The Morgan fingerprint density at radius 3 is 2.52 bits per heavy atom. The monoisotopic (exact) mass is 324 g/mol. The summed E-state index contributed by atoms with van der Waals surface area (Å²) in [5.74, 6) is 0.808. The van der Waals surface area contributed by atoms with Gasteiger partial charge in [-0.25, -0.2) is 4.98 Å². The van der Waals surface area contributed by atoms with Crippen molar-refractivity contribution in [1.29, 1.82) is 0 Å². The highest BCUT2D eigenvalue weighted by Crippen LogP contribution is 2.25. The average molecular weight is 324 g/mol. The minimum absolute atomic E-state index is 0.0560. The fourth-order valence-corrected chi connectivity index (χ4v) is 3.57. The molecule has 4 heteroatoms. The zero-order valence-corrected chi connectivity index (χ0v) is 14.2. The highest BCUT2D eigenvalue weighted by Gasteiger charge is 2.15. The predicted octanol–water partition coefficient (Wildman–Crippen LogP) is 4.66. The lowest BCUT2D eigenvalue weighted by molar-refractivity contribution is 0.468. The molecular weight excluding hydrogens is 304 g/mol. The van der Waals surface area contributed by atoms with Crippen molar-refractivity contribution >= 4 is 22.7 Å². The van der Waals surface area contributed by atoms with E-state index in [0.717, 1.165) is 22.8 Å². The topological polar surface area (TPSA) is 34.9 Å². The number of aromatic nitrogens is 2. The van der Waals surface area contributed by atoms with E-state index in [2.05, 4.69) is 26.0 Å². The van der Waals surface area contributed by atoms with Gasteiger partial charge in [-0.2, -0.15) is 0 Å². The van der Waals surface area contributed by atoms with Gasteiger partial charge in [0, 0.05) is 11.8 Å². The highest BCUT2D eigenvalue weighted by atomic mass is 32.2. The molecule has 3 rings (SSSR count). The zero-order chi connectivity index (χ0) is 16.2. The van der Waals surface area contributed by atoms with E-state index in [9.17, 15) is 4.79 Å². The number of nitrogens with zero attached hydrogens (tertiary/aromatic N) is 2. The second-order valence-electron chi connectivity index (χ2n) is 5.62. The Balaban J connectivity index is 2.05. The molecule has 0 aliphatic heterocycles. The van der Waals surface area contributed by atoms with Crippen molar-refractivity contribution in [3.63, 3.8) is 0 Å². The van der Waals surface area contributed by atoms with Crippen LogP contribution in [0.5, 0.6) is 0 Å². The number of para-hydroxylation sites is 1. The molecule has 0 aliphatic carbocycles. The molecule has 0 aliphatic rings. The fourth-order valence-electron chi connectivity index (χ4n) is 2.52. The second-order valence-corrected chi connectivity index (χ2v) is 6.56. The summed E-state index contributed by atoms with van der Waals surface area (Å²) in [6, 6.07) is 18.0. The van der Waals surface area contributed by atoms with Gasteiger partial charge in [-0.3, -0.25) is 9.36 Å². The Labute approximate surface area is 140 Å². The fraction of sp³-hybridized carbons (Fsp3) is 0.263. The number of hydrogen-bond acceptors (Lipinski definition) is 3. The van der Waals surface area contributed by atoms with E-state index in [1.807, 2.05) is 47.0 Å². The Morgan fingerprint density at radius 1 is 1.09 bits per heavy atom. The Kier molecular flexibility index (Phi) is 4.82. The van der Waals surface area contributed by atoms with E-state index < -0.39 is 0 Å². The molecule has 23 heavy (non-hydrogen) atoms. The van der Waals surface area contributed by atoms with Crippen LogP contribution in [0.25, 0.3) is 10.9 Å². The van der Waals surface area contributed by atoms with Gasteiger partial charge >= 0.3 is 0 Å². The van der Waals surface area contributed by atoms with E-state index in [1.165, 1.54) is 5.56 Å². The summed E-state index contributed by atoms with van der Waals surface area (Å²) in [7, 11) is 0. The Hall–Kier alpha value is -2.07. The smallest absolute Gasteiger partial charge is 0.262 e. The molecule has 0 amide bonds. The van der Waals surface area contributed by atoms with Crippen molar-refractivity contribution in [2.45, 2.75) is 37.2 Å². The molecule has 0 fully saturated rings. The molecule has 0 saturated carbocycles. The second kappa shape index (κ2) is 7.01. The zero-order valence-electron chi connectivity index (χ0n) is 13.4. The van der Waals surface area contributed by atoms with Gasteiger partial charge in [0.05, 0.1) is 10.9 Å². The van der Waals surface area contributed by atoms with Gasteiger partial charge in [-0.1, -0.05) is 61.2 Å². The summed E-state index contributed by atoms with van der Waals surface area (Å²) >= 11 is 1.62. The van der Waals surface area contributed by atoms with Gasteiger partial charge in [0.25, 0.3) is 5.56 Å². The standard InChI is InChI=1S/C19H20N2OS/c1-3-14(2)21-18(22)16-11-7-8-12-17(16)20-19(21)23-13-15-9-5-4-6-10-15/h4-12,14H,3,13H2,1-2H3. The van der Waals surface area contributed by atoms with Crippen LogP contribution in [0.4, 0.5) is 0 Å². The van der Waals surface area contributed by atoms with Crippen LogP contribution in [0.15, 0.2) is 64.5 Å². The van der Waals surface area contributed by atoms with E-state index >= 15 is 0 Å². The van der Waals surface area contributed by atoms with Gasteiger partial charge in [-0.15, -0.1) is 0 Å².